The number of thioether (sulfide) groups is 1. The lowest BCUT2D eigenvalue weighted by Gasteiger charge is -2.16. The molecule has 1 aromatic heterocycles. The SMILES string of the molecule is N#CCCSc1nc2cc(Cl)ccc2c(=O)n1C[C@@H]1CCCO1. The summed E-state index contributed by atoms with van der Waals surface area (Å²) in [5.41, 5.74) is 0.507. The number of benzene rings is 1. The van der Waals surface area contributed by atoms with Crippen LogP contribution in [0.1, 0.15) is 19.3 Å². The van der Waals surface area contributed by atoms with E-state index in [0.29, 0.717) is 39.8 Å². The molecule has 120 valence electrons. The number of fused-ring (bicyclic) bond motifs is 1. The molecule has 0 N–H and O–H groups in total. The highest BCUT2D eigenvalue weighted by Gasteiger charge is 2.20. The minimum absolute atomic E-state index is 0.0505. The number of hydrogen-bond donors (Lipinski definition) is 0. The number of nitrogens with zero attached hydrogens (tertiary/aromatic N) is 3. The predicted molar refractivity (Wildman–Crippen MR) is 90.9 cm³/mol. The van der Waals surface area contributed by atoms with Crippen molar-refractivity contribution in [2.75, 3.05) is 12.4 Å². The van der Waals surface area contributed by atoms with E-state index >= 15 is 0 Å². The van der Waals surface area contributed by atoms with Gasteiger partial charge in [0.05, 0.1) is 29.6 Å². The predicted octanol–water partition coefficient (Wildman–Crippen LogP) is 3.23. The minimum atomic E-state index is -0.0818. The first kappa shape index (κ1) is 16.3. The molecule has 1 aliphatic rings. The fraction of sp³-hybridized carbons (Fsp3) is 0.438. The molecule has 23 heavy (non-hydrogen) atoms. The molecule has 1 atom stereocenters. The fourth-order valence-electron chi connectivity index (χ4n) is 2.62. The van der Waals surface area contributed by atoms with Gasteiger partial charge in [-0.05, 0) is 31.0 Å². The van der Waals surface area contributed by atoms with Crippen molar-refractivity contribution in [3.63, 3.8) is 0 Å². The van der Waals surface area contributed by atoms with Gasteiger partial charge in [-0.1, -0.05) is 23.4 Å². The lowest BCUT2D eigenvalue weighted by atomic mass is 10.2. The van der Waals surface area contributed by atoms with Gasteiger partial charge in [0, 0.05) is 23.8 Å². The second-order valence-electron chi connectivity index (χ2n) is 5.36. The normalized spacial score (nSPS) is 17.5. The van der Waals surface area contributed by atoms with Gasteiger partial charge in [-0.15, -0.1) is 0 Å². The van der Waals surface area contributed by atoms with Gasteiger partial charge in [-0.25, -0.2) is 4.98 Å². The standard InChI is InChI=1S/C16H16ClN3O2S/c17-11-4-5-13-14(9-11)19-16(23-8-2-6-18)20(15(13)21)10-12-3-1-7-22-12/h4-5,9,12H,1-3,7-8,10H2/t12-/m0/s1. The van der Waals surface area contributed by atoms with Crippen molar-refractivity contribution >= 4 is 34.3 Å². The number of rotatable bonds is 5. The van der Waals surface area contributed by atoms with Gasteiger partial charge >= 0.3 is 0 Å². The highest BCUT2D eigenvalue weighted by molar-refractivity contribution is 7.99. The van der Waals surface area contributed by atoms with Crippen molar-refractivity contribution in [1.29, 1.82) is 5.26 Å². The molecule has 0 bridgehead atoms. The Kier molecular flexibility index (Phi) is 5.21. The molecule has 1 aliphatic heterocycles. The summed E-state index contributed by atoms with van der Waals surface area (Å²) in [5.74, 6) is 0.598. The van der Waals surface area contributed by atoms with Crippen LogP contribution in [0.15, 0.2) is 28.2 Å². The van der Waals surface area contributed by atoms with Crippen LogP contribution < -0.4 is 5.56 Å². The molecule has 0 unspecified atom stereocenters. The van der Waals surface area contributed by atoms with E-state index in [4.69, 9.17) is 21.6 Å². The van der Waals surface area contributed by atoms with E-state index < -0.39 is 0 Å². The monoisotopic (exact) mass is 349 g/mol. The number of halogens is 1. The Labute approximate surface area is 143 Å². The molecule has 0 amide bonds. The summed E-state index contributed by atoms with van der Waals surface area (Å²) >= 11 is 7.43. The lowest BCUT2D eigenvalue weighted by molar-refractivity contribution is 0.0937. The van der Waals surface area contributed by atoms with Crippen LogP contribution in [0.4, 0.5) is 0 Å². The third-order valence-electron chi connectivity index (χ3n) is 3.74. The molecular weight excluding hydrogens is 334 g/mol. The van der Waals surface area contributed by atoms with Gasteiger partial charge in [-0.2, -0.15) is 5.26 Å². The Morgan fingerprint density at radius 1 is 1.52 bits per heavy atom. The molecule has 0 saturated carbocycles. The molecular formula is C16H16ClN3O2S. The minimum Gasteiger partial charge on any atom is -0.376 e. The number of ether oxygens (including phenoxy) is 1. The van der Waals surface area contributed by atoms with E-state index in [0.717, 1.165) is 19.4 Å². The Bertz CT molecular complexity index is 809. The summed E-state index contributed by atoms with van der Waals surface area (Å²) in [5, 5.41) is 10.4. The van der Waals surface area contributed by atoms with E-state index in [-0.39, 0.29) is 11.7 Å². The van der Waals surface area contributed by atoms with Gasteiger partial charge in [0.25, 0.3) is 5.56 Å². The van der Waals surface area contributed by atoms with E-state index in [1.165, 1.54) is 11.8 Å². The third kappa shape index (κ3) is 3.69. The van der Waals surface area contributed by atoms with E-state index in [2.05, 4.69) is 11.1 Å². The summed E-state index contributed by atoms with van der Waals surface area (Å²) < 4.78 is 7.33. The first-order chi connectivity index (χ1) is 11.2. The molecule has 0 spiro atoms. The quantitative estimate of drug-likeness (QED) is 0.471. The first-order valence-corrected chi connectivity index (χ1v) is 8.87. The Balaban J connectivity index is 2.03. The number of aromatic nitrogens is 2. The Hall–Kier alpha value is -1.55. The molecule has 2 aromatic rings. The molecule has 0 aliphatic carbocycles. The summed E-state index contributed by atoms with van der Waals surface area (Å²) in [6.45, 7) is 1.24. The second-order valence-corrected chi connectivity index (χ2v) is 6.86. The van der Waals surface area contributed by atoms with E-state index in [9.17, 15) is 4.79 Å². The van der Waals surface area contributed by atoms with Gasteiger partial charge in [-0.3, -0.25) is 9.36 Å². The zero-order valence-electron chi connectivity index (χ0n) is 12.5. The average molecular weight is 350 g/mol. The van der Waals surface area contributed by atoms with Crippen molar-refractivity contribution < 1.29 is 4.74 Å². The Morgan fingerprint density at radius 3 is 3.13 bits per heavy atom. The lowest BCUT2D eigenvalue weighted by Crippen LogP contribution is -2.28. The fourth-order valence-corrected chi connectivity index (χ4v) is 3.64. The van der Waals surface area contributed by atoms with E-state index in [1.807, 2.05) is 0 Å². The zero-order valence-corrected chi connectivity index (χ0v) is 14.1. The maximum Gasteiger partial charge on any atom is 0.262 e. The van der Waals surface area contributed by atoms with Crippen LogP contribution in [-0.4, -0.2) is 28.0 Å². The van der Waals surface area contributed by atoms with Crippen molar-refractivity contribution in [3.05, 3.63) is 33.6 Å². The van der Waals surface area contributed by atoms with Gasteiger partial charge in [0.1, 0.15) is 0 Å². The van der Waals surface area contributed by atoms with Crippen LogP contribution >= 0.6 is 23.4 Å². The first-order valence-electron chi connectivity index (χ1n) is 7.50. The summed E-state index contributed by atoms with van der Waals surface area (Å²) in [7, 11) is 0. The van der Waals surface area contributed by atoms with Crippen LogP contribution in [0, 0.1) is 11.3 Å². The average Bonchev–Trinajstić information content (AvgIpc) is 3.04. The zero-order chi connectivity index (χ0) is 16.2. The number of hydrogen-bond acceptors (Lipinski definition) is 5. The molecule has 1 aromatic carbocycles. The van der Waals surface area contributed by atoms with Gasteiger partial charge in [0.15, 0.2) is 5.16 Å². The topological polar surface area (TPSA) is 67.9 Å². The highest BCUT2D eigenvalue weighted by atomic mass is 35.5. The molecule has 5 nitrogen and oxygen atoms in total. The Morgan fingerprint density at radius 2 is 2.39 bits per heavy atom. The summed E-state index contributed by atoms with van der Waals surface area (Å²) in [6.07, 6.45) is 2.43. The van der Waals surface area contributed by atoms with Gasteiger partial charge < -0.3 is 4.74 Å². The molecule has 2 heterocycles. The van der Waals surface area contributed by atoms with Crippen molar-refractivity contribution in [1.82, 2.24) is 9.55 Å². The maximum atomic E-state index is 12.8. The number of nitriles is 1. The smallest absolute Gasteiger partial charge is 0.262 e. The highest BCUT2D eigenvalue weighted by Crippen LogP contribution is 2.22. The van der Waals surface area contributed by atoms with Gasteiger partial charge in [0.2, 0.25) is 0 Å². The maximum absolute atomic E-state index is 12.8. The molecule has 3 rings (SSSR count). The molecule has 1 fully saturated rings. The van der Waals surface area contributed by atoms with Crippen LogP contribution in [0.5, 0.6) is 0 Å². The largest absolute Gasteiger partial charge is 0.376 e. The molecule has 0 radical (unpaired) electrons. The molecule has 7 heteroatoms. The van der Waals surface area contributed by atoms with Crippen molar-refractivity contribution in [2.24, 2.45) is 0 Å². The van der Waals surface area contributed by atoms with Crippen LogP contribution in [-0.2, 0) is 11.3 Å². The van der Waals surface area contributed by atoms with Crippen LogP contribution in [0.2, 0.25) is 5.02 Å². The third-order valence-corrected chi connectivity index (χ3v) is 4.95. The van der Waals surface area contributed by atoms with E-state index in [1.54, 1.807) is 22.8 Å². The van der Waals surface area contributed by atoms with Crippen molar-refractivity contribution in [3.8, 4) is 6.07 Å². The van der Waals surface area contributed by atoms with Crippen LogP contribution in [0.25, 0.3) is 10.9 Å². The summed E-state index contributed by atoms with van der Waals surface area (Å²) in [6, 6.07) is 7.22. The second kappa shape index (κ2) is 7.35. The molecule has 1 saturated heterocycles. The van der Waals surface area contributed by atoms with Crippen molar-refractivity contribution in [2.45, 2.75) is 37.1 Å². The van der Waals surface area contributed by atoms with Crippen LogP contribution in [0.3, 0.4) is 0 Å². The summed E-state index contributed by atoms with van der Waals surface area (Å²) in [4.78, 5) is 17.4.